The summed E-state index contributed by atoms with van der Waals surface area (Å²) in [6.45, 7) is 4.88. The predicted octanol–water partition coefficient (Wildman–Crippen LogP) is 5.29. The molecule has 0 aliphatic carbocycles. The van der Waals surface area contributed by atoms with E-state index in [0.717, 1.165) is 15.8 Å². The Bertz CT molecular complexity index is 915. The van der Waals surface area contributed by atoms with Crippen LogP contribution in [0.15, 0.2) is 70.6 Å². The first-order valence-corrected chi connectivity index (χ1v) is 10.6. The topological polar surface area (TPSA) is 38.8 Å². The Morgan fingerprint density at radius 1 is 1.14 bits per heavy atom. The summed E-state index contributed by atoms with van der Waals surface area (Å²) in [5.41, 5.74) is 0.799. The quantitative estimate of drug-likeness (QED) is 0.224. The van der Waals surface area contributed by atoms with Gasteiger partial charge >= 0.3 is 0 Å². The number of amides is 1. The number of carbonyl (C=O) groups is 1. The van der Waals surface area contributed by atoms with Gasteiger partial charge in [0.05, 0.1) is 4.91 Å². The summed E-state index contributed by atoms with van der Waals surface area (Å²) in [5, 5.41) is 0. The van der Waals surface area contributed by atoms with E-state index in [2.05, 4.69) is 22.5 Å². The van der Waals surface area contributed by atoms with Crippen LogP contribution in [0.2, 0.25) is 0 Å². The molecule has 1 saturated heterocycles. The second-order valence-corrected chi connectivity index (χ2v) is 8.36. The first-order chi connectivity index (χ1) is 13.6. The highest BCUT2D eigenvalue weighted by Crippen LogP contribution is 2.35. The Morgan fingerprint density at radius 3 is 2.64 bits per heavy atom. The summed E-state index contributed by atoms with van der Waals surface area (Å²) in [5.74, 6) is 1.36. The van der Waals surface area contributed by atoms with Crippen LogP contribution < -0.4 is 9.47 Å². The highest BCUT2D eigenvalue weighted by atomic mass is 79.9. The molecule has 0 bridgehead atoms. The molecule has 1 fully saturated rings. The fraction of sp³-hybridized carbons (Fsp3) is 0.143. The Morgan fingerprint density at radius 2 is 1.89 bits per heavy atom. The minimum absolute atomic E-state index is 0.117. The monoisotopic (exact) mass is 475 g/mol. The van der Waals surface area contributed by atoms with Crippen molar-refractivity contribution in [1.82, 2.24) is 4.90 Å². The molecule has 0 aromatic heterocycles. The number of rotatable bonds is 8. The summed E-state index contributed by atoms with van der Waals surface area (Å²) < 4.78 is 13.0. The number of hydrogen-bond acceptors (Lipinski definition) is 5. The van der Waals surface area contributed by atoms with E-state index in [0.29, 0.717) is 34.7 Å². The van der Waals surface area contributed by atoms with E-state index >= 15 is 0 Å². The Labute approximate surface area is 182 Å². The lowest BCUT2D eigenvalue weighted by molar-refractivity contribution is -0.121. The average molecular weight is 476 g/mol. The molecule has 3 rings (SSSR count). The van der Waals surface area contributed by atoms with Crippen LogP contribution >= 0.6 is 39.9 Å². The van der Waals surface area contributed by atoms with Crippen molar-refractivity contribution in [2.75, 3.05) is 19.8 Å². The molecule has 2 aromatic rings. The molecule has 1 heterocycles. The van der Waals surface area contributed by atoms with Gasteiger partial charge in [0.25, 0.3) is 5.91 Å². The standard InChI is InChI=1S/C21H18BrNO3S2/c1-2-10-23-20(24)19(28-21(23)27)14-15-13-16(22)8-9-18(15)26-12-11-25-17-6-4-3-5-7-17/h2-9,13-14H,1,10-12H2/b19-14-. The Balaban J connectivity index is 1.70. The van der Waals surface area contributed by atoms with Crippen molar-refractivity contribution in [1.29, 1.82) is 0 Å². The van der Waals surface area contributed by atoms with Crippen molar-refractivity contribution in [3.05, 3.63) is 76.1 Å². The van der Waals surface area contributed by atoms with Gasteiger partial charge in [0.15, 0.2) is 0 Å². The van der Waals surface area contributed by atoms with Gasteiger partial charge in [-0.3, -0.25) is 9.69 Å². The van der Waals surface area contributed by atoms with Crippen LogP contribution in [0.3, 0.4) is 0 Å². The van der Waals surface area contributed by atoms with Crippen molar-refractivity contribution in [3.8, 4) is 11.5 Å². The molecule has 28 heavy (non-hydrogen) atoms. The van der Waals surface area contributed by atoms with Crippen molar-refractivity contribution >= 4 is 56.2 Å². The summed E-state index contributed by atoms with van der Waals surface area (Å²) >= 11 is 10.0. The van der Waals surface area contributed by atoms with Crippen LogP contribution in [0, 0.1) is 0 Å². The van der Waals surface area contributed by atoms with E-state index in [1.54, 1.807) is 12.2 Å². The fourth-order valence-corrected chi connectivity index (χ4v) is 4.16. The van der Waals surface area contributed by atoms with Crippen LogP contribution in [-0.2, 0) is 4.79 Å². The molecule has 1 amide bonds. The maximum atomic E-state index is 12.6. The van der Waals surface area contributed by atoms with E-state index in [1.165, 1.54) is 16.7 Å². The summed E-state index contributed by atoms with van der Waals surface area (Å²) in [6, 6.07) is 15.3. The molecule has 1 aliphatic heterocycles. The maximum absolute atomic E-state index is 12.6. The third-order valence-corrected chi connectivity index (χ3v) is 5.67. The number of ether oxygens (including phenoxy) is 2. The van der Waals surface area contributed by atoms with Crippen LogP contribution in [0.1, 0.15) is 5.56 Å². The number of thiocarbonyl (C=S) groups is 1. The number of benzene rings is 2. The predicted molar refractivity (Wildman–Crippen MR) is 122 cm³/mol. The fourth-order valence-electron chi connectivity index (χ4n) is 2.52. The van der Waals surface area contributed by atoms with Gasteiger partial charge < -0.3 is 9.47 Å². The molecular formula is C21H18BrNO3S2. The van der Waals surface area contributed by atoms with Gasteiger partial charge in [0.1, 0.15) is 29.0 Å². The van der Waals surface area contributed by atoms with Crippen molar-refractivity contribution in [2.24, 2.45) is 0 Å². The largest absolute Gasteiger partial charge is 0.490 e. The number of hydrogen-bond donors (Lipinski definition) is 0. The molecule has 4 nitrogen and oxygen atoms in total. The minimum atomic E-state index is -0.117. The molecular weight excluding hydrogens is 458 g/mol. The zero-order valence-electron chi connectivity index (χ0n) is 15.0. The average Bonchev–Trinajstić information content (AvgIpc) is 2.95. The zero-order chi connectivity index (χ0) is 19.9. The SMILES string of the molecule is C=CCN1C(=O)/C(=C/c2cc(Br)ccc2OCCOc2ccccc2)SC1=S. The van der Waals surface area contributed by atoms with Crippen LogP contribution in [0.5, 0.6) is 11.5 Å². The maximum Gasteiger partial charge on any atom is 0.266 e. The first kappa shape index (κ1) is 20.6. The number of halogens is 1. The van der Waals surface area contributed by atoms with Gasteiger partial charge in [0.2, 0.25) is 0 Å². The van der Waals surface area contributed by atoms with E-state index in [-0.39, 0.29) is 5.91 Å². The first-order valence-electron chi connectivity index (χ1n) is 8.55. The molecule has 0 saturated carbocycles. The van der Waals surface area contributed by atoms with Crippen molar-refractivity contribution in [3.63, 3.8) is 0 Å². The number of nitrogens with zero attached hydrogens (tertiary/aromatic N) is 1. The van der Waals surface area contributed by atoms with E-state index in [9.17, 15) is 4.79 Å². The Hall–Kier alpha value is -2.09. The molecule has 7 heteroatoms. The van der Waals surface area contributed by atoms with Gasteiger partial charge in [-0.2, -0.15) is 0 Å². The molecule has 0 N–H and O–H groups in total. The summed E-state index contributed by atoms with van der Waals surface area (Å²) in [4.78, 5) is 14.7. The highest BCUT2D eigenvalue weighted by Gasteiger charge is 2.31. The molecule has 0 atom stereocenters. The Kier molecular flexibility index (Phi) is 7.30. The highest BCUT2D eigenvalue weighted by molar-refractivity contribution is 9.10. The van der Waals surface area contributed by atoms with E-state index in [1.807, 2.05) is 48.5 Å². The number of para-hydroxylation sites is 1. The lowest BCUT2D eigenvalue weighted by Gasteiger charge is -2.12. The number of carbonyl (C=O) groups excluding carboxylic acids is 1. The van der Waals surface area contributed by atoms with Crippen molar-refractivity contribution in [2.45, 2.75) is 0 Å². The normalized spacial score (nSPS) is 15.2. The zero-order valence-corrected chi connectivity index (χ0v) is 18.2. The van der Waals surface area contributed by atoms with Crippen LogP contribution in [0.25, 0.3) is 6.08 Å². The third-order valence-electron chi connectivity index (χ3n) is 3.80. The molecule has 2 aromatic carbocycles. The molecule has 0 spiro atoms. The lowest BCUT2D eigenvalue weighted by atomic mass is 10.2. The van der Waals surface area contributed by atoms with Gasteiger partial charge in [-0.15, -0.1) is 6.58 Å². The number of thioether (sulfide) groups is 1. The van der Waals surface area contributed by atoms with Crippen LogP contribution in [0.4, 0.5) is 0 Å². The molecule has 0 unspecified atom stereocenters. The van der Waals surface area contributed by atoms with E-state index < -0.39 is 0 Å². The molecule has 1 aliphatic rings. The lowest BCUT2D eigenvalue weighted by Crippen LogP contribution is -2.27. The second-order valence-electron chi connectivity index (χ2n) is 5.77. The van der Waals surface area contributed by atoms with Gasteiger partial charge in [0, 0.05) is 16.6 Å². The molecule has 0 radical (unpaired) electrons. The summed E-state index contributed by atoms with van der Waals surface area (Å²) in [6.07, 6.45) is 3.47. The van der Waals surface area contributed by atoms with Crippen LogP contribution in [-0.4, -0.2) is 34.9 Å². The van der Waals surface area contributed by atoms with Gasteiger partial charge in [-0.25, -0.2) is 0 Å². The van der Waals surface area contributed by atoms with E-state index in [4.69, 9.17) is 21.7 Å². The van der Waals surface area contributed by atoms with Gasteiger partial charge in [-0.1, -0.05) is 64.2 Å². The third kappa shape index (κ3) is 5.25. The molecule has 144 valence electrons. The second kappa shape index (κ2) is 9.91. The minimum Gasteiger partial charge on any atom is -0.490 e. The van der Waals surface area contributed by atoms with Gasteiger partial charge in [-0.05, 0) is 36.4 Å². The van der Waals surface area contributed by atoms with Crippen molar-refractivity contribution < 1.29 is 14.3 Å². The smallest absolute Gasteiger partial charge is 0.266 e. The summed E-state index contributed by atoms with van der Waals surface area (Å²) in [7, 11) is 0.